The maximum absolute atomic E-state index is 10.9. The molecule has 0 bridgehead atoms. The molecule has 1 fully saturated rings. The molecule has 0 saturated carbocycles. The highest BCUT2D eigenvalue weighted by Gasteiger charge is 2.32. The molecule has 0 aliphatic carbocycles. The second-order valence-electron chi connectivity index (χ2n) is 4.70. The standard InChI is InChI=1S/C10H20N2O2/c1-10(2,9(13)14)7-12-5-4-8(6-12)11-3/h8,11H,4-7H2,1-3H3,(H,13,14). The summed E-state index contributed by atoms with van der Waals surface area (Å²) in [6.07, 6.45) is 1.12. The molecule has 0 spiro atoms. The number of rotatable bonds is 4. The number of nitrogens with one attached hydrogen (secondary N) is 1. The van der Waals surface area contributed by atoms with E-state index >= 15 is 0 Å². The normalized spacial score (nSPS) is 24.1. The van der Waals surface area contributed by atoms with E-state index < -0.39 is 11.4 Å². The monoisotopic (exact) mass is 200 g/mol. The minimum Gasteiger partial charge on any atom is -0.481 e. The Morgan fingerprint density at radius 3 is 2.71 bits per heavy atom. The van der Waals surface area contributed by atoms with Crippen LogP contribution in [0.4, 0.5) is 0 Å². The molecular weight excluding hydrogens is 180 g/mol. The van der Waals surface area contributed by atoms with Crippen molar-refractivity contribution in [1.29, 1.82) is 0 Å². The number of likely N-dealkylation sites (N-methyl/N-ethyl adjacent to an activating group) is 1. The van der Waals surface area contributed by atoms with Crippen LogP contribution in [-0.2, 0) is 4.79 Å². The maximum Gasteiger partial charge on any atom is 0.310 e. The molecule has 82 valence electrons. The lowest BCUT2D eigenvalue weighted by Crippen LogP contribution is -2.39. The van der Waals surface area contributed by atoms with Gasteiger partial charge in [-0.15, -0.1) is 0 Å². The van der Waals surface area contributed by atoms with Gasteiger partial charge in [-0.2, -0.15) is 0 Å². The number of likely N-dealkylation sites (tertiary alicyclic amines) is 1. The van der Waals surface area contributed by atoms with E-state index in [1.54, 1.807) is 13.8 Å². The molecular formula is C10H20N2O2. The van der Waals surface area contributed by atoms with E-state index in [1.165, 1.54) is 0 Å². The van der Waals surface area contributed by atoms with Gasteiger partial charge in [-0.3, -0.25) is 4.79 Å². The Hall–Kier alpha value is -0.610. The number of carboxylic acids is 1. The Kier molecular flexibility index (Phi) is 3.50. The number of nitrogens with zero attached hydrogens (tertiary/aromatic N) is 1. The van der Waals surface area contributed by atoms with Gasteiger partial charge in [0.2, 0.25) is 0 Å². The Morgan fingerprint density at radius 1 is 1.64 bits per heavy atom. The van der Waals surface area contributed by atoms with Gasteiger partial charge >= 0.3 is 5.97 Å². The van der Waals surface area contributed by atoms with Crippen molar-refractivity contribution in [3.8, 4) is 0 Å². The van der Waals surface area contributed by atoms with Crippen LogP contribution in [0.1, 0.15) is 20.3 Å². The second-order valence-corrected chi connectivity index (χ2v) is 4.70. The number of carbonyl (C=O) groups is 1. The largest absolute Gasteiger partial charge is 0.481 e. The van der Waals surface area contributed by atoms with Crippen molar-refractivity contribution >= 4 is 5.97 Å². The van der Waals surface area contributed by atoms with Crippen molar-refractivity contribution in [3.63, 3.8) is 0 Å². The van der Waals surface area contributed by atoms with E-state index in [4.69, 9.17) is 5.11 Å². The van der Waals surface area contributed by atoms with Crippen LogP contribution in [0.5, 0.6) is 0 Å². The molecule has 1 unspecified atom stereocenters. The molecule has 0 amide bonds. The van der Waals surface area contributed by atoms with E-state index in [1.807, 2.05) is 7.05 Å². The zero-order chi connectivity index (χ0) is 10.8. The Balaban J connectivity index is 2.42. The lowest BCUT2D eigenvalue weighted by atomic mass is 9.93. The van der Waals surface area contributed by atoms with Gasteiger partial charge in [-0.05, 0) is 33.9 Å². The zero-order valence-electron chi connectivity index (χ0n) is 9.21. The summed E-state index contributed by atoms with van der Waals surface area (Å²) in [5, 5.41) is 12.2. The molecule has 1 heterocycles. The topological polar surface area (TPSA) is 52.6 Å². The molecule has 14 heavy (non-hydrogen) atoms. The van der Waals surface area contributed by atoms with Crippen LogP contribution in [-0.4, -0.2) is 48.7 Å². The molecule has 0 radical (unpaired) electrons. The first kappa shape index (κ1) is 11.5. The first-order valence-electron chi connectivity index (χ1n) is 5.09. The van der Waals surface area contributed by atoms with Gasteiger partial charge in [0.05, 0.1) is 5.41 Å². The van der Waals surface area contributed by atoms with Crippen LogP contribution < -0.4 is 5.32 Å². The fourth-order valence-corrected chi connectivity index (χ4v) is 1.84. The summed E-state index contributed by atoms with van der Waals surface area (Å²) < 4.78 is 0. The van der Waals surface area contributed by atoms with E-state index in [9.17, 15) is 4.79 Å². The highest BCUT2D eigenvalue weighted by Crippen LogP contribution is 2.20. The molecule has 0 aromatic heterocycles. The summed E-state index contributed by atoms with van der Waals surface area (Å²) >= 11 is 0. The van der Waals surface area contributed by atoms with Crippen LogP contribution in [0.15, 0.2) is 0 Å². The smallest absolute Gasteiger partial charge is 0.310 e. The summed E-state index contributed by atoms with van der Waals surface area (Å²) in [5.41, 5.74) is -0.636. The Labute approximate surface area is 85.3 Å². The van der Waals surface area contributed by atoms with Gasteiger partial charge in [0.15, 0.2) is 0 Å². The van der Waals surface area contributed by atoms with Crippen LogP contribution >= 0.6 is 0 Å². The number of carboxylic acid groups (broad SMARTS) is 1. The van der Waals surface area contributed by atoms with E-state index in [2.05, 4.69) is 10.2 Å². The number of aliphatic carboxylic acids is 1. The minimum atomic E-state index is -0.717. The molecule has 1 aliphatic rings. The fraction of sp³-hybridized carbons (Fsp3) is 0.900. The quantitative estimate of drug-likeness (QED) is 0.689. The Morgan fingerprint density at radius 2 is 2.29 bits per heavy atom. The van der Waals surface area contributed by atoms with Crippen LogP contribution in [0.25, 0.3) is 0 Å². The predicted molar refractivity (Wildman–Crippen MR) is 55.3 cm³/mol. The molecule has 4 nitrogen and oxygen atoms in total. The molecule has 0 aromatic carbocycles. The van der Waals surface area contributed by atoms with E-state index in [-0.39, 0.29) is 0 Å². The first-order chi connectivity index (χ1) is 6.45. The molecule has 1 aliphatic heterocycles. The Bertz CT molecular complexity index is 216. The molecule has 1 saturated heterocycles. The second kappa shape index (κ2) is 4.28. The molecule has 4 heteroatoms. The lowest BCUT2D eigenvalue weighted by molar-refractivity contribution is -0.147. The van der Waals surface area contributed by atoms with Gasteiger partial charge in [-0.25, -0.2) is 0 Å². The maximum atomic E-state index is 10.9. The molecule has 1 atom stereocenters. The van der Waals surface area contributed by atoms with Crippen molar-refractivity contribution in [2.75, 3.05) is 26.7 Å². The third kappa shape index (κ3) is 2.69. The van der Waals surface area contributed by atoms with Gasteiger partial charge in [-0.1, -0.05) is 0 Å². The molecule has 0 aromatic rings. The van der Waals surface area contributed by atoms with Crippen molar-refractivity contribution in [2.45, 2.75) is 26.3 Å². The lowest BCUT2D eigenvalue weighted by Gasteiger charge is -2.26. The van der Waals surface area contributed by atoms with E-state index in [0.29, 0.717) is 12.6 Å². The van der Waals surface area contributed by atoms with E-state index in [0.717, 1.165) is 19.5 Å². The average Bonchev–Trinajstić information content (AvgIpc) is 2.51. The summed E-state index contributed by atoms with van der Waals surface area (Å²) in [7, 11) is 1.95. The fourth-order valence-electron chi connectivity index (χ4n) is 1.84. The van der Waals surface area contributed by atoms with Gasteiger partial charge in [0.1, 0.15) is 0 Å². The average molecular weight is 200 g/mol. The molecule has 2 N–H and O–H groups in total. The number of hydrogen-bond donors (Lipinski definition) is 2. The predicted octanol–water partition coefficient (Wildman–Crippen LogP) is 0.391. The third-order valence-corrected chi connectivity index (χ3v) is 2.88. The summed E-state index contributed by atoms with van der Waals surface area (Å²) in [6, 6.07) is 0.527. The summed E-state index contributed by atoms with van der Waals surface area (Å²) in [5.74, 6) is -0.717. The third-order valence-electron chi connectivity index (χ3n) is 2.88. The van der Waals surface area contributed by atoms with Crippen molar-refractivity contribution in [3.05, 3.63) is 0 Å². The van der Waals surface area contributed by atoms with Crippen LogP contribution in [0, 0.1) is 5.41 Å². The highest BCUT2D eigenvalue weighted by molar-refractivity contribution is 5.73. The summed E-state index contributed by atoms with van der Waals surface area (Å²) in [6.45, 7) is 6.17. The SMILES string of the molecule is CNC1CCN(CC(C)(C)C(=O)O)C1. The van der Waals surface area contributed by atoms with Crippen LogP contribution in [0.3, 0.4) is 0 Å². The zero-order valence-corrected chi connectivity index (χ0v) is 9.21. The minimum absolute atomic E-state index is 0.527. The van der Waals surface area contributed by atoms with Gasteiger partial charge in [0.25, 0.3) is 0 Å². The van der Waals surface area contributed by atoms with Crippen molar-refractivity contribution < 1.29 is 9.90 Å². The summed E-state index contributed by atoms with van der Waals surface area (Å²) in [4.78, 5) is 13.1. The van der Waals surface area contributed by atoms with Crippen molar-refractivity contribution in [2.24, 2.45) is 5.41 Å². The van der Waals surface area contributed by atoms with Crippen LogP contribution in [0.2, 0.25) is 0 Å². The molecule has 1 rings (SSSR count). The first-order valence-corrected chi connectivity index (χ1v) is 5.09. The number of hydrogen-bond acceptors (Lipinski definition) is 3. The van der Waals surface area contributed by atoms with Crippen molar-refractivity contribution in [1.82, 2.24) is 10.2 Å². The van der Waals surface area contributed by atoms with Gasteiger partial charge in [0, 0.05) is 19.1 Å². The van der Waals surface area contributed by atoms with Gasteiger partial charge < -0.3 is 15.3 Å². The highest BCUT2D eigenvalue weighted by atomic mass is 16.4.